The summed E-state index contributed by atoms with van der Waals surface area (Å²) >= 11 is 0. The molecule has 1 aliphatic rings. The second kappa shape index (κ2) is 11.5. The number of ether oxygens (including phenoxy) is 1. The molecule has 3 aromatic rings. The molecule has 1 heterocycles. The van der Waals surface area contributed by atoms with Gasteiger partial charge < -0.3 is 15.2 Å². The number of aliphatic carboxylic acids is 1. The molecule has 0 saturated carbocycles. The van der Waals surface area contributed by atoms with Gasteiger partial charge in [-0.25, -0.2) is 8.42 Å². The van der Waals surface area contributed by atoms with Crippen LogP contribution in [0.1, 0.15) is 50.3 Å². The van der Waals surface area contributed by atoms with E-state index >= 15 is 0 Å². The van der Waals surface area contributed by atoms with Crippen LogP contribution in [0.15, 0.2) is 77.7 Å². The molecular weight excluding hydrogens is 526 g/mol. The predicted molar refractivity (Wildman–Crippen MR) is 140 cm³/mol. The first-order valence-corrected chi connectivity index (χ1v) is 13.4. The van der Waals surface area contributed by atoms with Crippen LogP contribution in [0.4, 0.5) is 5.69 Å². The number of carbonyl (C=O) groups excluding carboxylic acids is 3. The van der Waals surface area contributed by atoms with Crippen LogP contribution in [0.2, 0.25) is 0 Å². The summed E-state index contributed by atoms with van der Waals surface area (Å²) < 4.78 is 33.9. The number of fused-ring (bicyclic) bond motifs is 1. The first-order chi connectivity index (χ1) is 18.6. The second-order valence-corrected chi connectivity index (χ2v) is 10.4. The van der Waals surface area contributed by atoms with Crippen LogP contribution < -0.4 is 14.8 Å². The maximum absolute atomic E-state index is 13.2. The summed E-state index contributed by atoms with van der Waals surface area (Å²) in [5.41, 5.74) is 0.996. The van der Waals surface area contributed by atoms with Crippen molar-refractivity contribution < 1.29 is 37.4 Å². The van der Waals surface area contributed by atoms with Crippen LogP contribution in [0.25, 0.3) is 0 Å². The number of carboxylic acid groups (broad SMARTS) is 1. The number of carboxylic acids is 1. The standard InChI is InChI=1S/C27H25N3O8S/c1-38-19-13-9-17(10-14-19)25(33)28-18-11-15-20(16-12-18)39(36,37)29-23(7-4-8-24(31)32)30-26(34)21-5-2-3-6-22(21)27(30)35/h2-3,5-6,9-16,23,29H,4,7-8H2,1H3,(H,28,33)(H,31,32). The van der Waals surface area contributed by atoms with Crippen molar-refractivity contribution in [3.05, 3.63) is 89.5 Å². The summed E-state index contributed by atoms with van der Waals surface area (Å²) in [6.45, 7) is 0. The Bertz CT molecular complexity index is 1480. The Morgan fingerprint density at radius 1 is 0.923 bits per heavy atom. The summed E-state index contributed by atoms with van der Waals surface area (Å²) in [5.74, 6) is -2.25. The van der Waals surface area contributed by atoms with Gasteiger partial charge in [-0.2, -0.15) is 4.72 Å². The number of hydrogen-bond acceptors (Lipinski definition) is 7. The van der Waals surface area contributed by atoms with Crippen molar-refractivity contribution >= 4 is 39.4 Å². The highest BCUT2D eigenvalue weighted by Crippen LogP contribution is 2.26. The van der Waals surface area contributed by atoms with Crippen LogP contribution >= 0.6 is 0 Å². The normalized spacial score (nSPS) is 13.6. The summed E-state index contributed by atoms with van der Waals surface area (Å²) in [7, 11) is -2.75. The fraction of sp³-hybridized carbons (Fsp3) is 0.185. The molecule has 12 heteroatoms. The van der Waals surface area contributed by atoms with E-state index in [9.17, 15) is 27.6 Å². The number of imide groups is 1. The molecule has 39 heavy (non-hydrogen) atoms. The molecule has 11 nitrogen and oxygen atoms in total. The Morgan fingerprint density at radius 3 is 2.05 bits per heavy atom. The van der Waals surface area contributed by atoms with Crippen LogP contribution in [-0.4, -0.2) is 55.4 Å². The highest BCUT2D eigenvalue weighted by molar-refractivity contribution is 7.89. The minimum atomic E-state index is -4.26. The van der Waals surface area contributed by atoms with Crippen molar-refractivity contribution in [1.29, 1.82) is 0 Å². The third-order valence-corrected chi connectivity index (χ3v) is 7.55. The third kappa shape index (κ3) is 6.13. The Morgan fingerprint density at radius 2 is 1.51 bits per heavy atom. The van der Waals surface area contributed by atoms with Gasteiger partial charge in [0, 0.05) is 17.7 Å². The summed E-state index contributed by atoms with van der Waals surface area (Å²) in [4.78, 5) is 50.1. The fourth-order valence-corrected chi connectivity index (χ4v) is 5.30. The molecule has 202 valence electrons. The molecular formula is C27H25N3O8S. The molecule has 1 atom stereocenters. The molecule has 0 aliphatic carbocycles. The molecule has 3 amide bonds. The lowest BCUT2D eigenvalue weighted by Crippen LogP contribution is -2.50. The number of hydrogen-bond donors (Lipinski definition) is 3. The maximum Gasteiger partial charge on any atom is 0.303 e. The largest absolute Gasteiger partial charge is 0.497 e. The van der Waals surface area contributed by atoms with Gasteiger partial charge in [-0.1, -0.05) is 12.1 Å². The fourth-order valence-electron chi connectivity index (χ4n) is 4.09. The molecule has 0 spiro atoms. The van der Waals surface area contributed by atoms with E-state index in [-0.39, 0.29) is 35.3 Å². The van der Waals surface area contributed by atoms with Gasteiger partial charge in [0.15, 0.2) is 0 Å². The van der Waals surface area contributed by atoms with E-state index in [0.29, 0.717) is 17.0 Å². The van der Waals surface area contributed by atoms with Gasteiger partial charge in [0.25, 0.3) is 17.7 Å². The topological polar surface area (TPSA) is 159 Å². The van der Waals surface area contributed by atoms with Gasteiger partial charge in [-0.3, -0.25) is 24.1 Å². The van der Waals surface area contributed by atoms with Crippen LogP contribution in [0.5, 0.6) is 5.75 Å². The first kappa shape index (κ1) is 27.5. The molecule has 4 rings (SSSR count). The van der Waals surface area contributed by atoms with E-state index in [1.807, 2.05) is 0 Å². The number of anilines is 1. The molecule has 1 unspecified atom stereocenters. The van der Waals surface area contributed by atoms with Crippen LogP contribution in [0.3, 0.4) is 0 Å². The molecule has 0 fully saturated rings. The average molecular weight is 552 g/mol. The van der Waals surface area contributed by atoms with E-state index in [1.165, 1.54) is 43.5 Å². The summed E-state index contributed by atoms with van der Waals surface area (Å²) in [5, 5.41) is 11.7. The minimum Gasteiger partial charge on any atom is -0.497 e. The van der Waals surface area contributed by atoms with Crippen LogP contribution in [-0.2, 0) is 14.8 Å². The van der Waals surface area contributed by atoms with Crippen LogP contribution in [0, 0.1) is 0 Å². The van der Waals surface area contributed by atoms with Gasteiger partial charge in [0.1, 0.15) is 11.9 Å². The Balaban J connectivity index is 1.51. The molecule has 0 bridgehead atoms. The van der Waals surface area contributed by atoms with Crippen molar-refractivity contribution in [2.75, 3.05) is 12.4 Å². The quantitative estimate of drug-likeness (QED) is 0.307. The van der Waals surface area contributed by atoms with Crippen molar-refractivity contribution in [2.45, 2.75) is 30.3 Å². The molecule has 0 aromatic heterocycles. The molecule has 3 N–H and O–H groups in total. The Kier molecular flexibility index (Phi) is 8.07. The average Bonchev–Trinajstić information content (AvgIpc) is 3.18. The van der Waals surface area contributed by atoms with Crippen molar-refractivity contribution in [1.82, 2.24) is 9.62 Å². The van der Waals surface area contributed by atoms with Gasteiger partial charge in [-0.15, -0.1) is 0 Å². The predicted octanol–water partition coefficient (Wildman–Crippen LogP) is 3.10. The molecule has 1 aliphatic heterocycles. The monoisotopic (exact) mass is 551 g/mol. The lowest BCUT2D eigenvalue weighted by Gasteiger charge is -2.27. The molecule has 0 saturated heterocycles. The van der Waals surface area contributed by atoms with E-state index in [4.69, 9.17) is 9.84 Å². The molecule has 0 radical (unpaired) electrons. The van der Waals surface area contributed by atoms with E-state index in [1.54, 1.807) is 36.4 Å². The Hall–Kier alpha value is -4.55. The third-order valence-electron chi connectivity index (χ3n) is 6.07. The van der Waals surface area contributed by atoms with E-state index in [2.05, 4.69) is 10.0 Å². The van der Waals surface area contributed by atoms with Gasteiger partial charge in [-0.05, 0) is 73.5 Å². The SMILES string of the molecule is COc1ccc(C(=O)Nc2ccc(S(=O)(=O)NC(CCCC(=O)O)N3C(=O)c4ccccc4C3=O)cc2)cc1. The van der Waals surface area contributed by atoms with Gasteiger partial charge >= 0.3 is 5.97 Å². The number of methoxy groups -OCH3 is 1. The lowest BCUT2D eigenvalue weighted by atomic mass is 10.1. The van der Waals surface area contributed by atoms with Crippen molar-refractivity contribution in [2.24, 2.45) is 0 Å². The zero-order valence-corrected chi connectivity index (χ0v) is 21.6. The second-order valence-electron chi connectivity index (χ2n) is 8.66. The van der Waals surface area contributed by atoms with Gasteiger partial charge in [0.05, 0.1) is 23.1 Å². The zero-order chi connectivity index (χ0) is 28.2. The number of benzene rings is 3. The number of nitrogens with one attached hydrogen (secondary N) is 2. The first-order valence-electron chi connectivity index (χ1n) is 11.9. The number of carbonyl (C=O) groups is 4. The minimum absolute atomic E-state index is 0.0201. The number of amides is 3. The van der Waals surface area contributed by atoms with Crippen molar-refractivity contribution in [3.63, 3.8) is 0 Å². The molecule has 3 aromatic carbocycles. The summed E-state index contributed by atoms with van der Waals surface area (Å²) in [6.07, 6.45) is -1.67. The number of sulfonamides is 1. The Labute approximate surface area is 224 Å². The van der Waals surface area contributed by atoms with E-state index < -0.39 is 39.9 Å². The van der Waals surface area contributed by atoms with Crippen molar-refractivity contribution in [3.8, 4) is 5.75 Å². The highest BCUT2D eigenvalue weighted by atomic mass is 32.2. The zero-order valence-electron chi connectivity index (χ0n) is 20.8. The maximum atomic E-state index is 13.2. The van der Waals surface area contributed by atoms with Gasteiger partial charge in [0.2, 0.25) is 10.0 Å². The smallest absolute Gasteiger partial charge is 0.303 e. The number of rotatable bonds is 11. The summed E-state index contributed by atoms with van der Waals surface area (Å²) in [6, 6.07) is 17.9. The lowest BCUT2D eigenvalue weighted by molar-refractivity contribution is -0.137. The number of nitrogens with zero attached hydrogens (tertiary/aromatic N) is 1. The van der Waals surface area contributed by atoms with E-state index in [0.717, 1.165) is 4.90 Å². The highest BCUT2D eigenvalue weighted by Gasteiger charge is 2.41.